The Balaban J connectivity index is 1.67. The van der Waals surface area contributed by atoms with E-state index in [9.17, 15) is 4.79 Å². The second-order valence-corrected chi connectivity index (χ2v) is 7.14. The average molecular weight is 376 g/mol. The molecule has 26 heavy (non-hydrogen) atoms. The van der Waals surface area contributed by atoms with Crippen molar-refractivity contribution in [2.45, 2.75) is 26.0 Å². The molecule has 138 valence electrons. The van der Waals surface area contributed by atoms with Gasteiger partial charge in [-0.15, -0.1) is 0 Å². The Morgan fingerprint density at radius 3 is 2.46 bits per heavy atom. The molecule has 5 nitrogen and oxygen atoms in total. The lowest BCUT2D eigenvalue weighted by Gasteiger charge is -2.30. The van der Waals surface area contributed by atoms with Gasteiger partial charge in [-0.2, -0.15) is 0 Å². The molecule has 2 aromatic rings. The second kappa shape index (κ2) is 7.46. The van der Waals surface area contributed by atoms with Crippen molar-refractivity contribution in [1.29, 1.82) is 0 Å². The van der Waals surface area contributed by atoms with E-state index in [0.717, 1.165) is 11.3 Å². The van der Waals surface area contributed by atoms with Crippen LogP contribution >= 0.6 is 11.6 Å². The molecule has 2 aromatic carbocycles. The number of rotatable bonds is 5. The Bertz CT molecular complexity index is 789. The van der Waals surface area contributed by atoms with Gasteiger partial charge in [0.25, 0.3) is 5.91 Å². The van der Waals surface area contributed by atoms with Crippen LogP contribution in [0.1, 0.15) is 19.4 Å². The number of amides is 1. The summed E-state index contributed by atoms with van der Waals surface area (Å²) in [6.45, 7) is 5.05. The van der Waals surface area contributed by atoms with E-state index in [1.54, 1.807) is 50.1 Å². The molecule has 0 N–H and O–H groups in total. The van der Waals surface area contributed by atoms with Gasteiger partial charge in [0.05, 0.1) is 0 Å². The van der Waals surface area contributed by atoms with Crippen molar-refractivity contribution in [3.05, 3.63) is 53.1 Å². The Labute approximate surface area is 158 Å². The van der Waals surface area contributed by atoms with Crippen molar-refractivity contribution in [3.8, 4) is 17.2 Å². The molecule has 0 radical (unpaired) electrons. The number of benzene rings is 2. The fourth-order valence-electron chi connectivity index (χ4n) is 2.83. The van der Waals surface area contributed by atoms with Crippen molar-refractivity contribution in [2.24, 2.45) is 0 Å². The molecule has 0 aromatic heterocycles. The summed E-state index contributed by atoms with van der Waals surface area (Å²) in [7, 11) is 1.76. The van der Waals surface area contributed by atoms with E-state index in [0.29, 0.717) is 36.3 Å². The zero-order chi connectivity index (χ0) is 18.7. The average Bonchev–Trinajstić information content (AvgIpc) is 2.62. The summed E-state index contributed by atoms with van der Waals surface area (Å²) >= 11 is 5.89. The first kappa shape index (κ1) is 18.4. The third-order valence-corrected chi connectivity index (χ3v) is 4.33. The highest BCUT2D eigenvalue weighted by Gasteiger charge is 2.33. The molecule has 1 aliphatic rings. The monoisotopic (exact) mass is 375 g/mol. The van der Waals surface area contributed by atoms with Crippen molar-refractivity contribution in [3.63, 3.8) is 0 Å². The molecule has 0 saturated heterocycles. The molecular weight excluding hydrogens is 354 g/mol. The smallest absolute Gasteiger partial charge is 0.266 e. The Morgan fingerprint density at radius 2 is 1.77 bits per heavy atom. The molecule has 3 rings (SSSR count). The number of likely N-dealkylation sites (N-methyl/N-ethyl adjacent to an activating group) is 1. The van der Waals surface area contributed by atoms with E-state index < -0.39 is 5.60 Å². The van der Waals surface area contributed by atoms with Crippen LogP contribution in [0.25, 0.3) is 0 Å². The summed E-state index contributed by atoms with van der Waals surface area (Å²) in [5, 5.41) is 0.622. The van der Waals surface area contributed by atoms with Crippen LogP contribution in [0.3, 0.4) is 0 Å². The fraction of sp³-hybridized carbons (Fsp3) is 0.350. The molecule has 0 spiro atoms. The molecule has 1 aliphatic heterocycles. The van der Waals surface area contributed by atoms with Crippen LogP contribution in [-0.2, 0) is 11.3 Å². The molecule has 0 atom stereocenters. The molecule has 1 heterocycles. The minimum absolute atomic E-state index is 0.123. The lowest BCUT2D eigenvalue weighted by atomic mass is 10.1. The molecule has 0 fully saturated rings. The summed E-state index contributed by atoms with van der Waals surface area (Å²) in [5.74, 6) is 1.93. The van der Waals surface area contributed by atoms with Crippen LogP contribution in [0.4, 0.5) is 0 Å². The van der Waals surface area contributed by atoms with Crippen LogP contribution in [0.5, 0.6) is 17.2 Å². The molecule has 6 heteroatoms. The zero-order valence-corrected chi connectivity index (χ0v) is 15.9. The number of hydrogen-bond acceptors (Lipinski definition) is 4. The Hall–Kier alpha value is -2.40. The number of nitrogens with zero attached hydrogens (tertiary/aromatic N) is 1. The van der Waals surface area contributed by atoms with Gasteiger partial charge in [0.15, 0.2) is 17.1 Å². The third-order valence-electron chi connectivity index (χ3n) is 4.07. The van der Waals surface area contributed by atoms with Gasteiger partial charge in [0, 0.05) is 18.6 Å². The topological polar surface area (TPSA) is 48.0 Å². The molecule has 0 aliphatic carbocycles. The van der Waals surface area contributed by atoms with Gasteiger partial charge in [-0.25, -0.2) is 0 Å². The normalized spacial score (nSPS) is 13.2. The van der Waals surface area contributed by atoms with Crippen molar-refractivity contribution >= 4 is 17.5 Å². The lowest BCUT2D eigenvalue weighted by molar-refractivity contribution is -0.144. The Morgan fingerprint density at radius 1 is 1.12 bits per heavy atom. The second-order valence-electron chi connectivity index (χ2n) is 6.71. The number of ether oxygens (including phenoxy) is 3. The van der Waals surface area contributed by atoms with Crippen LogP contribution in [0.15, 0.2) is 42.5 Å². The van der Waals surface area contributed by atoms with Gasteiger partial charge in [-0.1, -0.05) is 17.7 Å². The molecule has 0 unspecified atom stereocenters. The van der Waals surface area contributed by atoms with Gasteiger partial charge >= 0.3 is 0 Å². The van der Waals surface area contributed by atoms with Crippen LogP contribution in [-0.4, -0.2) is 36.7 Å². The highest BCUT2D eigenvalue weighted by atomic mass is 35.5. The number of carbonyl (C=O) groups is 1. The zero-order valence-electron chi connectivity index (χ0n) is 15.1. The van der Waals surface area contributed by atoms with Crippen LogP contribution in [0.2, 0.25) is 5.02 Å². The van der Waals surface area contributed by atoms with E-state index >= 15 is 0 Å². The van der Waals surface area contributed by atoms with E-state index in [-0.39, 0.29) is 5.91 Å². The minimum atomic E-state index is -1.00. The summed E-state index contributed by atoms with van der Waals surface area (Å²) < 4.78 is 17.0. The predicted molar refractivity (Wildman–Crippen MR) is 100 cm³/mol. The molecule has 0 bridgehead atoms. The quantitative estimate of drug-likeness (QED) is 0.794. The van der Waals surface area contributed by atoms with E-state index in [1.807, 2.05) is 18.2 Å². The molecule has 0 saturated carbocycles. The third kappa shape index (κ3) is 4.22. The van der Waals surface area contributed by atoms with Crippen molar-refractivity contribution < 1.29 is 19.0 Å². The number of fused-ring (bicyclic) bond motifs is 1. The maximum atomic E-state index is 12.8. The SMILES string of the molecule is CN(Cc1ccc2c(c1)OCCO2)C(=O)C(C)(C)Oc1ccc(Cl)cc1. The first-order chi connectivity index (χ1) is 12.3. The van der Waals surface area contributed by atoms with Gasteiger partial charge in [-0.3, -0.25) is 4.79 Å². The number of halogens is 1. The molecular formula is C20H22ClNO4. The summed E-state index contributed by atoms with van der Waals surface area (Å²) in [6.07, 6.45) is 0. The first-order valence-electron chi connectivity index (χ1n) is 8.44. The minimum Gasteiger partial charge on any atom is -0.486 e. The highest BCUT2D eigenvalue weighted by Crippen LogP contribution is 2.31. The largest absolute Gasteiger partial charge is 0.486 e. The van der Waals surface area contributed by atoms with Gasteiger partial charge in [-0.05, 0) is 55.8 Å². The van der Waals surface area contributed by atoms with Crippen molar-refractivity contribution in [2.75, 3.05) is 20.3 Å². The van der Waals surface area contributed by atoms with E-state index in [1.165, 1.54) is 0 Å². The Kier molecular flexibility index (Phi) is 5.28. The standard InChI is InChI=1S/C20H22ClNO4/c1-20(2,26-16-7-5-15(21)6-8-16)19(23)22(3)13-14-4-9-17-18(12-14)25-11-10-24-17/h4-9,12H,10-11,13H2,1-3H3. The maximum absolute atomic E-state index is 12.8. The fourth-order valence-corrected chi connectivity index (χ4v) is 2.96. The summed E-state index contributed by atoms with van der Waals surface area (Å²) in [5.41, 5.74) is -0.0384. The molecule has 1 amide bonds. The number of hydrogen-bond donors (Lipinski definition) is 0. The summed E-state index contributed by atoms with van der Waals surface area (Å²) in [4.78, 5) is 14.5. The maximum Gasteiger partial charge on any atom is 0.266 e. The van der Waals surface area contributed by atoms with E-state index in [2.05, 4.69) is 0 Å². The van der Waals surface area contributed by atoms with Gasteiger partial charge in [0.1, 0.15) is 19.0 Å². The lowest BCUT2D eigenvalue weighted by Crippen LogP contribution is -2.47. The van der Waals surface area contributed by atoms with Crippen molar-refractivity contribution in [1.82, 2.24) is 4.90 Å². The first-order valence-corrected chi connectivity index (χ1v) is 8.81. The van der Waals surface area contributed by atoms with E-state index in [4.69, 9.17) is 25.8 Å². The predicted octanol–water partition coefficient (Wildman–Crippen LogP) is 3.93. The van der Waals surface area contributed by atoms with Crippen LogP contribution < -0.4 is 14.2 Å². The van der Waals surface area contributed by atoms with Gasteiger partial charge < -0.3 is 19.1 Å². The highest BCUT2D eigenvalue weighted by molar-refractivity contribution is 6.30. The number of carbonyl (C=O) groups excluding carboxylic acids is 1. The van der Waals surface area contributed by atoms with Gasteiger partial charge in [0.2, 0.25) is 0 Å². The summed E-state index contributed by atoms with van der Waals surface area (Å²) in [6, 6.07) is 12.7. The van der Waals surface area contributed by atoms with Crippen LogP contribution in [0, 0.1) is 0 Å².